The molecule has 0 bridgehead atoms. The third-order valence-electron chi connectivity index (χ3n) is 3.47. The largest absolute Gasteiger partial charge is 0.488 e. The Labute approximate surface area is 161 Å². The molecule has 2 aromatic carbocycles. The number of nitro benzene ring substituents is 1. The fraction of sp³-hybridized carbons (Fsp3) is 0.0588. The molecular formula is C17H12BrN3O4S. The van der Waals surface area contributed by atoms with Crippen LogP contribution in [0, 0.1) is 10.1 Å². The molecule has 0 unspecified atom stereocenters. The van der Waals surface area contributed by atoms with Crippen molar-refractivity contribution in [3.8, 4) is 5.75 Å². The van der Waals surface area contributed by atoms with E-state index < -0.39 is 10.8 Å². The van der Waals surface area contributed by atoms with E-state index in [4.69, 9.17) is 10.5 Å². The fourth-order valence-electron chi connectivity index (χ4n) is 2.30. The molecular weight excluding hydrogens is 422 g/mol. The molecule has 0 spiro atoms. The number of ether oxygens (including phenoxy) is 1. The maximum atomic E-state index is 11.8. The standard InChI is InChI=1S/C17H12BrN3O4S/c18-12-5-6-14(11(7-12)8-15-16(22)20-17(19)26-15)25-9-10-3-1-2-4-13(10)21(23)24/h1-8H,9H2,(H2,19,20,22)/b15-8-. The van der Waals surface area contributed by atoms with Crippen molar-refractivity contribution in [2.24, 2.45) is 10.7 Å². The van der Waals surface area contributed by atoms with Gasteiger partial charge in [-0.1, -0.05) is 28.1 Å². The van der Waals surface area contributed by atoms with E-state index in [-0.39, 0.29) is 17.5 Å². The van der Waals surface area contributed by atoms with E-state index in [9.17, 15) is 14.9 Å². The van der Waals surface area contributed by atoms with Crippen LogP contribution in [0.15, 0.2) is 56.8 Å². The Hall–Kier alpha value is -2.65. The molecule has 0 radical (unpaired) electrons. The summed E-state index contributed by atoms with van der Waals surface area (Å²) in [5, 5.41) is 11.3. The van der Waals surface area contributed by atoms with Gasteiger partial charge in [0, 0.05) is 16.1 Å². The second-order valence-electron chi connectivity index (χ2n) is 5.22. The van der Waals surface area contributed by atoms with Crippen molar-refractivity contribution < 1.29 is 14.5 Å². The van der Waals surface area contributed by atoms with Gasteiger partial charge in [0.1, 0.15) is 12.4 Å². The van der Waals surface area contributed by atoms with E-state index in [0.29, 0.717) is 21.8 Å². The van der Waals surface area contributed by atoms with Crippen LogP contribution in [0.3, 0.4) is 0 Å². The zero-order chi connectivity index (χ0) is 18.7. The summed E-state index contributed by atoms with van der Waals surface area (Å²) in [6.45, 7) is 0.0225. The zero-order valence-corrected chi connectivity index (χ0v) is 15.6. The number of hydrogen-bond acceptors (Lipinski definition) is 6. The Balaban J connectivity index is 1.87. The maximum Gasteiger partial charge on any atom is 0.286 e. The number of para-hydroxylation sites is 1. The number of amidine groups is 1. The lowest BCUT2D eigenvalue weighted by atomic mass is 10.1. The number of carbonyl (C=O) groups excluding carboxylic acids is 1. The molecule has 0 saturated heterocycles. The van der Waals surface area contributed by atoms with Crippen molar-refractivity contribution in [3.63, 3.8) is 0 Å². The molecule has 1 aliphatic heterocycles. The van der Waals surface area contributed by atoms with E-state index in [0.717, 1.165) is 16.2 Å². The summed E-state index contributed by atoms with van der Waals surface area (Å²) in [4.78, 5) is 26.5. The Morgan fingerprint density at radius 3 is 2.77 bits per heavy atom. The van der Waals surface area contributed by atoms with Crippen LogP contribution in [0.1, 0.15) is 11.1 Å². The first-order chi connectivity index (χ1) is 12.4. The molecule has 2 aromatic rings. The fourth-order valence-corrected chi connectivity index (χ4v) is 3.35. The van der Waals surface area contributed by atoms with Crippen molar-refractivity contribution in [1.29, 1.82) is 0 Å². The van der Waals surface area contributed by atoms with Gasteiger partial charge in [0.15, 0.2) is 5.17 Å². The highest BCUT2D eigenvalue weighted by molar-refractivity contribution is 9.10. The maximum absolute atomic E-state index is 11.8. The molecule has 9 heteroatoms. The Morgan fingerprint density at radius 1 is 1.31 bits per heavy atom. The van der Waals surface area contributed by atoms with Crippen LogP contribution >= 0.6 is 27.7 Å². The van der Waals surface area contributed by atoms with Crippen LogP contribution in [-0.4, -0.2) is 16.0 Å². The molecule has 0 atom stereocenters. The second kappa shape index (κ2) is 7.71. The van der Waals surface area contributed by atoms with Crippen molar-refractivity contribution in [3.05, 3.63) is 73.1 Å². The second-order valence-corrected chi connectivity index (χ2v) is 7.20. The summed E-state index contributed by atoms with van der Waals surface area (Å²) in [5.41, 5.74) is 6.65. The highest BCUT2D eigenvalue weighted by Gasteiger charge is 2.20. The summed E-state index contributed by atoms with van der Waals surface area (Å²) in [6, 6.07) is 11.7. The van der Waals surface area contributed by atoms with Gasteiger partial charge in [-0.25, -0.2) is 0 Å². The van der Waals surface area contributed by atoms with E-state index in [1.165, 1.54) is 6.07 Å². The number of hydrogen-bond donors (Lipinski definition) is 1. The van der Waals surface area contributed by atoms with Gasteiger partial charge in [-0.3, -0.25) is 14.9 Å². The highest BCUT2D eigenvalue weighted by Crippen LogP contribution is 2.32. The highest BCUT2D eigenvalue weighted by atomic mass is 79.9. The lowest BCUT2D eigenvalue weighted by Gasteiger charge is -2.10. The SMILES string of the molecule is NC1=NC(=O)/C(=C/c2cc(Br)ccc2OCc2ccccc2[N+](=O)[O-])S1. The summed E-state index contributed by atoms with van der Waals surface area (Å²) in [7, 11) is 0. The lowest BCUT2D eigenvalue weighted by molar-refractivity contribution is -0.385. The molecule has 132 valence electrons. The first-order valence-electron chi connectivity index (χ1n) is 7.37. The third kappa shape index (κ3) is 4.12. The normalized spacial score (nSPS) is 15.2. The van der Waals surface area contributed by atoms with Gasteiger partial charge in [0.2, 0.25) is 0 Å². The van der Waals surface area contributed by atoms with Crippen LogP contribution in [-0.2, 0) is 11.4 Å². The predicted octanol–water partition coefficient (Wildman–Crippen LogP) is 3.87. The van der Waals surface area contributed by atoms with Crippen molar-refractivity contribution in [2.45, 2.75) is 6.61 Å². The average molecular weight is 434 g/mol. The topological polar surface area (TPSA) is 108 Å². The molecule has 0 saturated carbocycles. The molecule has 0 fully saturated rings. The Morgan fingerprint density at radius 2 is 2.08 bits per heavy atom. The van der Waals surface area contributed by atoms with Crippen LogP contribution in [0.5, 0.6) is 5.75 Å². The number of nitro groups is 1. The molecule has 3 rings (SSSR count). The Bertz CT molecular complexity index is 959. The van der Waals surface area contributed by atoms with Crippen LogP contribution in [0.2, 0.25) is 0 Å². The molecule has 7 nitrogen and oxygen atoms in total. The minimum Gasteiger partial charge on any atom is -0.488 e. The van der Waals surface area contributed by atoms with E-state index in [1.807, 2.05) is 0 Å². The number of rotatable bonds is 5. The van der Waals surface area contributed by atoms with Crippen molar-refractivity contribution in [1.82, 2.24) is 0 Å². The van der Waals surface area contributed by atoms with E-state index in [1.54, 1.807) is 42.5 Å². The number of benzene rings is 2. The van der Waals surface area contributed by atoms with Gasteiger partial charge in [0.05, 0.1) is 15.4 Å². The van der Waals surface area contributed by atoms with Crippen LogP contribution in [0.25, 0.3) is 6.08 Å². The quantitative estimate of drug-likeness (QED) is 0.435. The van der Waals surface area contributed by atoms with E-state index >= 15 is 0 Å². The molecule has 0 aromatic heterocycles. The molecule has 1 amide bonds. The number of aliphatic imine (C=N–C) groups is 1. The van der Waals surface area contributed by atoms with Crippen molar-refractivity contribution >= 4 is 50.5 Å². The number of nitrogens with two attached hydrogens (primary N) is 1. The van der Waals surface area contributed by atoms with Gasteiger partial charge in [0.25, 0.3) is 11.6 Å². The number of halogens is 1. The summed E-state index contributed by atoms with van der Waals surface area (Å²) < 4.78 is 6.58. The van der Waals surface area contributed by atoms with Crippen LogP contribution < -0.4 is 10.5 Å². The number of amides is 1. The van der Waals surface area contributed by atoms with Gasteiger partial charge in [-0.05, 0) is 42.1 Å². The van der Waals surface area contributed by atoms with Gasteiger partial charge < -0.3 is 10.5 Å². The summed E-state index contributed by atoms with van der Waals surface area (Å²) in [5.74, 6) is 0.0786. The van der Waals surface area contributed by atoms with Crippen LogP contribution in [0.4, 0.5) is 5.69 Å². The third-order valence-corrected chi connectivity index (χ3v) is 4.77. The smallest absolute Gasteiger partial charge is 0.286 e. The molecule has 1 heterocycles. The van der Waals surface area contributed by atoms with Gasteiger partial charge in [-0.2, -0.15) is 4.99 Å². The zero-order valence-electron chi connectivity index (χ0n) is 13.2. The first kappa shape index (κ1) is 18.2. The van der Waals surface area contributed by atoms with Gasteiger partial charge >= 0.3 is 0 Å². The monoisotopic (exact) mass is 433 g/mol. The first-order valence-corrected chi connectivity index (χ1v) is 8.97. The predicted molar refractivity (Wildman–Crippen MR) is 104 cm³/mol. The minimum atomic E-state index is -0.447. The summed E-state index contributed by atoms with van der Waals surface area (Å²) in [6.07, 6.45) is 1.63. The molecule has 0 aliphatic carbocycles. The average Bonchev–Trinajstić information content (AvgIpc) is 2.91. The summed E-state index contributed by atoms with van der Waals surface area (Å²) >= 11 is 4.46. The van der Waals surface area contributed by atoms with E-state index in [2.05, 4.69) is 20.9 Å². The van der Waals surface area contributed by atoms with Gasteiger partial charge in [-0.15, -0.1) is 0 Å². The minimum absolute atomic E-state index is 0.00721. The number of thioether (sulfide) groups is 1. The molecule has 1 aliphatic rings. The Kier molecular flexibility index (Phi) is 5.38. The number of nitrogens with zero attached hydrogens (tertiary/aromatic N) is 2. The number of carbonyl (C=O) groups is 1. The van der Waals surface area contributed by atoms with Crippen molar-refractivity contribution in [2.75, 3.05) is 0 Å². The lowest BCUT2D eigenvalue weighted by Crippen LogP contribution is -2.01. The molecule has 26 heavy (non-hydrogen) atoms. The molecule has 2 N–H and O–H groups in total.